The molecule has 1 aromatic heterocycles. The third kappa shape index (κ3) is 1.39. The van der Waals surface area contributed by atoms with Gasteiger partial charge in [-0.1, -0.05) is 11.6 Å². The Morgan fingerprint density at radius 3 is 2.60 bits per heavy atom. The molecule has 1 heterocycles. The zero-order valence-electron chi connectivity index (χ0n) is 8.63. The average Bonchev–Trinajstić information content (AvgIpc) is 2.20. The number of hydrogen-bond acceptors (Lipinski definition) is 3. The summed E-state index contributed by atoms with van der Waals surface area (Å²) in [5, 5.41) is 1.58. The van der Waals surface area contributed by atoms with Crippen LogP contribution in [-0.2, 0) is 0 Å². The lowest BCUT2D eigenvalue weighted by Gasteiger charge is -2.10. The first kappa shape index (κ1) is 10.1. The van der Waals surface area contributed by atoms with Crippen molar-refractivity contribution in [3.05, 3.63) is 28.4 Å². The van der Waals surface area contributed by atoms with Crippen molar-refractivity contribution < 1.29 is 0 Å². The van der Waals surface area contributed by atoms with Gasteiger partial charge in [0, 0.05) is 10.4 Å². The predicted octanol–water partition coefficient (Wildman–Crippen LogP) is 2.67. The van der Waals surface area contributed by atoms with Gasteiger partial charge in [0.2, 0.25) is 0 Å². The van der Waals surface area contributed by atoms with Crippen LogP contribution in [0.4, 0.5) is 11.4 Å². The molecule has 0 saturated carbocycles. The topological polar surface area (TPSA) is 64.9 Å². The molecule has 0 spiro atoms. The van der Waals surface area contributed by atoms with E-state index in [-0.39, 0.29) is 0 Å². The van der Waals surface area contributed by atoms with Crippen LogP contribution in [-0.4, -0.2) is 4.98 Å². The second-order valence-electron chi connectivity index (χ2n) is 3.65. The SMILES string of the molecule is Cc1cc2ncc(N)c(N)c2c(C)c1Cl. The molecule has 0 aliphatic heterocycles. The molecular formula is C11H12ClN3. The molecule has 0 fully saturated rings. The van der Waals surface area contributed by atoms with Crippen molar-refractivity contribution in [2.24, 2.45) is 0 Å². The fraction of sp³-hybridized carbons (Fsp3) is 0.182. The van der Waals surface area contributed by atoms with E-state index in [0.29, 0.717) is 11.4 Å². The van der Waals surface area contributed by atoms with Crippen LogP contribution in [0.25, 0.3) is 10.9 Å². The zero-order valence-corrected chi connectivity index (χ0v) is 9.39. The Balaban J connectivity index is 3.00. The summed E-state index contributed by atoms with van der Waals surface area (Å²) >= 11 is 6.16. The van der Waals surface area contributed by atoms with Crippen molar-refractivity contribution in [3.63, 3.8) is 0 Å². The highest BCUT2D eigenvalue weighted by atomic mass is 35.5. The summed E-state index contributed by atoms with van der Waals surface area (Å²) in [6.07, 6.45) is 1.57. The Morgan fingerprint density at radius 1 is 1.27 bits per heavy atom. The number of nitrogen functional groups attached to an aromatic ring is 2. The van der Waals surface area contributed by atoms with Gasteiger partial charge < -0.3 is 11.5 Å². The molecule has 0 unspecified atom stereocenters. The number of aryl methyl sites for hydroxylation is 2. The molecule has 0 aliphatic rings. The summed E-state index contributed by atoms with van der Waals surface area (Å²) in [6.45, 7) is 3.87. The number of rotatable bonds is 0. The van der Waals surface area contributed by atoms with E-state index in [1.807, 2.05) is 19.9 Å². The monoisotopic (exact) mass is 221 g/mol. The third-order valence-electron chi connectivity index (χ3n) is 2.58. The molecule has 0 atom stereocenters. The zero-order chi connectivity index (χ0) is 11.2. The highest BCUT2D eigenvalue weighted by molar-refractivity contribution is 6.33. The van der Waals surface area contributed by atoms with Crippen LogP contribution in [0.5, 0.6) is 0 Å². The molecule has 2 aromatic rings. The van der Waals surface area contributed by atoms with Crippen LogP contribution < -0.4 is 11.5 Å². The van der Waals surface area contributed by atoms with E-state index in [4.69, 9.17) is 23.1 Å². The van der Waals surface area contributed by atoms with E-state index in [1.54, 1.807) is 6.20 Å². The van der Waals surface area contributed by atoms with Gasteiger partial charge in [-0.05, 0) is 31.0 Å². The van der Waals surface area contributed by atoms with E-state index in [9.17, 15) is 0 Å². The van der Waals surface area contributed by atoms with Crippen molar-refractivity contribution in [1.82, 2.24) is 4.98 Å². The fourth-order valence-electron chi connectivity index (χ4n) is 1.73. The second-order valence-corrected chi connectivity index (χ2v) is 4.03. The lowest BCUT2D eigenvalue weighted by molar-refractivity contribution is 1.36. The van der Waals surface area contributed by atoms with Gasteiger partial charge in [-0.25, -0.2) is 0 Å². The van der Waals surface area contributed by atoms with Crippen LogP contribution in [0.2, 0.25) is 5.02 Å². The normalized spacial score (nSPS) is 10.9. The first-order valence-corrected chi connectivity index (χ1v) is 4.99. The van der Waals surface area contributed by atoms with Crippen molar-refractivity contribution in [2.75, 3.05) is 11.5 Å². The van der Waals surface area contributed by atoms with E-state index < -0.39 is 0 Å². The Bertz CT molecular complexity index is 549. The Labute approximate surface area is 93.0 Å². The molecule has 0 radical (unpaired) electrons. The lowest BCUT2D eigenvalue weighted by Crippen LogP contribution is -1.99. The number of nitrogens with two attached hydrogens (primary N) is 2. The van der Waals surface area contributed by atoms with Gasteiger partial charge in [0.25, 0.3) is 0 Å². The minimum Gasteiger partial charge on any atom is -0.396 e. The maximum absolute atomic E-state index is 6.16. The molecular weight excluding hydrogens is 210 g/mol. The number of nitrogens with zero attached hydrogens (tertiary/aromatic N) is 1. The third-order valence-corrected chi connectivity index (χ3v) is 3.16. The number of pyridine rings is 1. The van der Waals surface area contributed by atoms with Crippen LogP contribution >= 0.6 is 11.6 Å². The number of benzene rings is 1. The van der Waals surface area contributed by atoms with Gasteiger partial charge in [0.1, 0.15) is 0 Å². The van der Waals surface area contributed by atoms with Crippen molar-refractivity contribution >= 4 is 33.9 Å². The molecule has 15 heavy (non-hydrogen) atoms. The predicted molar refractivity (Wildman–Crippen MR) is 65.1 cm³/mol. The Morgan fingerprint density at radius 2 is 1.93 bits per heavy atom. The van der Waals surface area contributed by atoms with E-state index in [1.165, 1.54) is 0 Å². The minimum absolute atomic E-state index is 0.491. The summed E-state index contributed by atoms with van der Waals surface area (Å²) < 4.78 is 0. The highest BCUT2D eigenvalue weighted by Crippen LogP contribution is 2.33. The van der Waals surface area contributed by atoms with Crippen LogP contribution in [0, 0.1) is 13.8 Å². The maximum Gasteiger partial charge on any atom is 0.0741 e. The molecule has 4 N–H and O–H groups in total. The molecule has 0 aliphatic carbocycles. The molecule has 0 saturated heterocycles. The quantitative estimate of drug-likeness (QED) is 0.719. The molecule has 0 bridgehead atoms. The summed E-state index contributed by atoms with van der Waals surface area (Å²) in [4.78, 5) is 4.24. The summed E-state index contributed by atoms with van der Waals surface area (Å²) in [7, 11) is 0. The minimum atomic E-state index is 0.491. The molecule has 78 valence electrons. The average molecular weight is 222 g/mol. The number of hydrogen-bond donors (Lipinski definition) is 2. The van der Waals surface area contributed by atoms with Crippen molar-refractivity contribution in [1.29, 1.82) is 0 Å². The van der Waals surface area contributed by atoms with E-state index in [0.717, 1.165) is 27.1 Å². The second kappa shape index (κ2) is 3.28. The Hall–Kier alpha value is -1.48. The first-order chi connectivity index (χ1) is 7.02. The molecule has 1 aromatic carbocycles. The standard InChI is InChI=1S/C11H12ClN3/c1-5-3-8-9(6(2)10(5)12)11(14)7(13)4-15-8/h3-4H,13H2,1-2H3,(H2,14,15). The van der Waals surface area contributed by atoms with Gasteiger partial charge in [-0.15, -0.1) is 0 Å². The number of halogens is 1. The van der Waals surface area contributed by atoms with Crippen LogP contribution in [0.1, 0.15) is 11.1 Å². The van der Waals surface area contributed by atoms with Crippen LogP contribution in [0.3, 0.4) is 0 Å². The first-order valence-electron chi connectivity index (χ1n) is 4.61. The van der Waals surface area contributed by atoms with Gasteiger partial charge in [0.05, 0.1) is 23.1 Å². The van der Waals surface area contributed by atoms with Crippen molar-refractivity contribution in [3.8, 4) is 0 Å². The number of fused-ring (bicyclic) bond motifs is 1. The number of anilines is 2. The van der Waals surface area contributed by atoms with Crippen LogP contribution in [0.15, 0.2) is 12.3 Å². The summed E-state index contributed by atoms with van der Waals surface area (Å²) in [6, 6.07) is 1.92. The molecule has 4 heteroatoms. The molecule has 0 amide bonds. The molecule has 2 rings (SSSR count). The molecule has 3 nitrogen and oxygen atoms in total. The summed E-state index contributed by atoms with van der Waals surface area (Å²) in [5.74, 6) is 0. The highest BCUT2D eigenvalue weighted by Gasteiger charge is 2.10. The fourth-order valence-corrected chi connectivity index (χ4v) is 1.88. The maximum atomic E-state index is 6.16. The van der Waals surface area contributed by atoms with Gasteiger partial charge in [-0.2, -0.15) is 0 Å². The summed E-state index contributed by atoms with van der Waals surface area (Å²) in [5.41, 5.74) is 15.4. The van der Waals surface area contributed by atoms with Gasteiger partial charge >= 0.3 is 0 Å². The van der Waals surface area contributed by atoms with Gasteiger partial charge in [-0.3, -0.25) is 4.98 Å². The lowest BCUT2D eigenvalue weighted by atomic mass is 10.0. The Kier molecular flexibility index (Phi) is 2.20. The smallest absolute Gasteiger partial charge is 0.0741 e. The number of aromatic nitrogens is 1. The van der Waals surface area contributed by atoms with Gasteiger partial charge in [0.15, 0.2) is 0 Å². The van der Waals surface area contributed by atoms with E-state index >= 15 is 0 Å². The van der Waals surface area contributed by atoms with E-state index in [2.05, 4.69) is 4.98 Å². The largest absolute Gasteiger partial charge is 0.396 e. The van der Waals surface area contributed by atoms with Crippen molar-refractivity contribution in [2.45, 2.75) is 13.8 Å².